The third-order valence-electron chi connectivity index (χ3n) is 6.40. The van der Waals surface area contributed by atoms with Crippen LogP contribution in [0.15, 0.2) is 60.8 Å². The Morgan fingerprint density at radius 1 is 0.886 bits per heavy atom. The Labute approximate surface area is 210 Å². The van der Waals surface area contributed by atoms with Crippen molar-refractivity contribution in [3.8, 4) is 0 Å². The molecule has 5 nitrogen and oxygen atoms in total. The lowest BCUT2D eigenvalue weighted by Gasteiger charge is -2.29. The summed E-state index contributed by atoms with van der Waals surface area (Å²) in [5, 5.41) is 1.20. The number of aromatic nitrogens is 1. The van der Waals surface area contributed by atoms with Crippen molar-refractivity contribution in [3.63, 3.8) is 0 Å². The van der Waals surface area contributed by atoms with Crippen LogP contribution in [0.3, 0.4) is 0 Å². The van der Waals surface area contributed by atoms with Gasteiger partial charge in [0.05, 0.1) is 6.54 Å². The number of nitrogens with one attached hydrogen (secondary N) is 1. The lowest BCUT2D eigenvalue weighted by atomic mass is 10.1. The average molecular weight is 476 g/mol. The summed E-state index contributed by atoms with van der Waals surface area (Å²) in [6, 6.07) is 18.4. The zero-order valence-electron chi connectivity index (χ0n) is 21.6. The standard InChI is InChI=1S/C30H41N3O2/c1-4-5-6-10-17-29(34)33(21-24(2)3)23-30(35)32(22-25-13-8-7-9-14-25)19-18-26-20-31-28-16-12-11-15-27(26)28/h7-9,11-16,20,24,31H,4-6,10,17-19,21-23H2,1-3H3. The number of carbonyl (C=O) groups excluding carboxylic acids is 2. The minimum atomic E-state index is 0.0104. The molecule has 0 aliphatic heterocycles. The molecule has 0 saturated carbocycles. The van der Waals surface area contributed by atoms with Gasteiger partial charge in [0.25, 0.3) is 0 Å². The molecule has 0 aliphatic rings. The van der Waals surface area contributed by atoms with E-state index >= 15 is 0 Å². The number of rotatable bonds is 14. The van der Waals surface area contributed by atoms with Gasteiger partial charge in [-0.3, -0.25) is 9.59 Å². The maximum absolute atomic E-state index is 13.6. The first-order valence-corrected chi connectivity index (χ1v) is 13.1. The van der Waals surface area contributed by atoms with E-state index in [0.29, 0.717) is 32.0 Å². The lowest BCUT2D eigenvalue weighted by Crippen LogP contribution is -2.44. The van der Waals surface area contributed by atoms with Crippen LogP contribution in [0.4, 0.5) is 0 Å². The quantitative estimate of drug-likeness (QED) is 0.283. The van der Waals surface area contributed by atoms with Gasteiger partial charge in [-0.1, -0.05) is 88.6 Å². The van der Waals surface area contributed by atoms with Crippen molar-refractivity contribution in [2.75, 3.05) is 19.6 Å². The fourth-order valence-electron chi connectivity index (χ4n) is 4.51. The molecule has 0 atom stereocenters. The molecule has 3 aromatic rings. The molecule has 0 fully saturated rings. The molecule has 1 aromatic heterocycles. The van der Waals surface area contributed by atoms with Gasteiger partial charge < -0.3 is 14.8 Å². The zero-order chi connectivity index (χ0) is 25.0. The fourth-order valence-corrected chi connectivity index (χ4v) is 4.51. The van der Waals surface area contributed by atoms with Gasteiger partial charge in [0.1, 0.15) is 0 Å². The van der Waals surface area contributed by atoms with Crippen molar-refractivity contribution in [1.29, 1.82) is 0 Å². The zero-order valence-corrected chi connectivity index (χ0v) is 21.6. The van der Waals surface area contributed by atoms with Crippen molar-refractivity contribution in [2.45, 2.75) is 65.8 Å². The minimum absolute atomic E-state index is 0.0104. The van der Waals surface area contributed by atoms with Gasteiger partial charge in [0, 0.05) is 43.2 Å². The number of hydrogen-bond acceptors (Lipinski definition) is 2. The van der Waals surface area contributed by atoms with Crippen LogP contribution >= 0.6 is 0 Å². The second-order valence-corrected chi connectivity index (χ2v) is 9.89. The summed E-state index contributed by atoms with van der Waals surface area (Å²) in [4.78, 5) is 33.6. The first-order valence-electron chi connectivity index (χ1n) is 13.1. The maximum Gasteiger partial charge on any atom is 0.242 e. The Bertz CT molecular complexity index is 1060. The molecule has 5 heteroatoms. The molecule has 0 saturated heterocycles. The number of H-pyrrole nitrogens is 1. The second-order valence-electron chi connectivity index (χ2n) is 9.89. The third-order valence-corrected chi connectivity index (χ3v) is 6.40. The number of unbranched alkanes of at least 4 members (excludes halogenated alkanes) is 3. The maximum atomic E-state index is 13.6. The van der Waals surface area contributed by atoms with E-state index in [1.165, 1.54) is 10.9 Å². The van der Waals surface area contributed by atoms with Crippen molar-refractivity contribution in [2.24, 2.45) is 5.92 Å². The summed E-state index contributed by atoms with van der Waals surface area (Å²) < 4.78 is 0. The highest BCUT2D eigenvalue weighted by atomic mass is 16.2. The van der Waals surface area contributed by atoms with Crippen LogP contribution in [0.25, 0.3) is 10.9 Å². The molecule has 0 radical (unpaired) electrons. The largest absolute Gasteiger partial charge is 0.361 e. The molecule has 0 bridgehead atoms. The summed E-state index contributed by atoms with van der Waals surface area (Å²) in [7, 11) is 0. The van der Waals surface area contributed by atoms with E-state index in [4.69, 9.17) is 0 Å². The Kier molecular flexibility index (Phi) is 10.4. The highest BCUT2D eigenvalue weighted by Gasteiger charge is 2.22. The van der Waals surface area contributed by atoms with Crippen LogP contribution < -0.4 is 0 Å². The van der Waals surface area contributed by atoms with Gasteiger partial charge in [0.15, 0.2) is 0 Å². The van der Waals surface area contributed by atoms with Crippen molar-refractivity contribution in [1.82, 2.24) is 14.8 Å². The second kappa shape index (κ2) is 13.7. The molecule has 0 aliphatic carbocycles. The van der Waals surface area contributed by atoms with Crippen LogP contribution in [-0.4, -0.2) is 46.2 Å². The van der Waals surface area contributed by atoms with Gasteiger partial charge in [-0.25, -0.2) is 0 Å². The first-order chi connectivity index (χ1) is 17.0. The van der Waals surface area contributed by atoms with Gasteiger partial charge >= 0.3 is 0 Å². The van der Waals surface area contributed by atoms with Crippen molar-refractivity contribution >= 4 is 22.7 Å². The molecular weight excluding hydrogens is 434 g/mol. The normalized spacial score (nSPS) is 11.2. The van der Waals surface area contributed by atoms with Gasteiger partial charge in [-0.15, -0.1) is 0 Å². The first kappa shape index (κ1) is 26.5. The minimum Gasteiger partial charge on any atom is -0.361 e. The van der Waals surface area contributed by atoms with Gasteiger partial charge in [0.2, 0.25) is 11.8 Å². The Morgan fingerprint density at radius 2 is 1.63 bits per heavy atom. The van der Waals surface area contributed by atoms with Gasteiger partial charge in [-0.05, 0) is 36.0 Å². The smallest absolute Gasteiger partial charge is 0.242 e. The number of aromatic amines is 1. The number of carbonyl (C=O) groups is 2. The molecule has 188 valence electrons. The van der Waals surface area contributed by atoms with E-state index in [1.807, 2.05) is 41.4 Å². The molecule has 2 aromatic carbocycles. The fraction of sp³-hybridized carbons (Fsp3) is 0.467. The predicted octanol–water partition coefficient (Wildman–Crippen LogP) is 6.19. The molecule has 35 heavy (non-hydrogen) atoms. The highest BCUT2D eigenvalue weighted by Crippen LogP contribution is 2.19. The third kappa shape index (κ3) is 8.27. The van der Waals surface area contributed by atoms with E-state index in [9.17, 15) is 9.59 Å². The lowest BCUT2D eigenvalue weighted by molar-refractivity contribution is -0.141. The molecule has 3 rings (SSSR count). The van der Waals surface area contributed by atoms with Crippen LogP contribution in [0.5, 0.6) is 0 Å². The van der Waals surface area contributed by atoms with Gasteiger partial charge in [-0.2, -0.15) is 0 Å². The van der Waals surface area contributed by atoms with Crippen LogP contribution in [-0.2, 0) is 22.6 Å². The highest BCUT2D eigenvalue weighted by molar-refractivity contribution is 5.85. The number of hydrogen-bond donors (Lipinski definition) is 1. The van der Waals surface area contributed by atoms with Crippen molar-refractivity contribution < 1.29 is 9.59 Å². The van der Waals surface area contributed by atoms with E-state index in [0.717, 1.165) is 43.2 Å². The summed E-state index contributed by atoms with van der Waals surface area (Å²) in [5.74, 6) is 0.423. The summed E-state index contributed by atoms with van der Waals surface area (Å²) in [6.45, 7) is 8.27. The molecular formula is C30H41N3O2. The molecule has 2 amide bonds. The molecule has 0 spiro atoms. The van der Waals surface area contributed by atoms with E-state index in [1.54, 1.807) is 4.90 Å². The number of para-hydroxylation sites is 1. The van der Waals surface area contributed by atoms with Crippen LogP contribution in [0.1, 0.15) is 64.0 Å². The van der Waals surface area contributed by atoms with Crippen LogP contribution in [0.2, 0.25) is 0 Å². The Hall–Kier alpha value is -3.08. The number of benzene rings is 2. The SMILES string of the molecule is CCCCCCC(=O)N(CC(=O)N(CCc1c[nH]c2ccccc12)Cc1ccccc1)CC(C)C. The molecule has 1 N–H and O–H groups in total. The van der Waals surface area contributed by atoms with Crippen molar-refractivity contribution in [3.05, 3.63) is 71.9 Å². The predicted molar refractivity (Wildman–Crippen MR) is 144 cm³/mol. The van der Waals surface area contributed by atoms with E-state index < -0.39 is 0 Å². The summed E-state index contributed by atoms with van der Waals surface area (Å²) in [5.41, 5.74) is 3.42. The monoisotopic (exact) mass is 475 g/mol. The number of amides is 2. The Morgan fingerprint density at radius 3 is 2.37 bits per heavy atom. The summed E-state index contributed by atoms with van der Waals surface area (Å²) >= 11 is 0. The average Bonchev–Trinajstić information content (AvgIpc) is 3.27. The Balaban J connectivity index is 1.71. The topological polar surface area (TPSA) is 56.4 Å². The van der Waals surface area contributed by atoms with E-state index in [2.05, 4.69) is 50.0 Å². The summed E-state index contributed by atoms with van der Waals surface area (Å²) in [6.07, 6.45) is 7.58. The number of fused-ring (bicyclic) bond motifs is 1. The molecule has 0 unspecified atom stereocenters. The van der Waals surface area contributed by atoms with Crippen LogP contribution in [0, 0.1) is 5.92 Å². The number of nitrogens with zero attached hydrogens (tertiary/aromatic N) is 2. The van der Waals surface area contributed by atoms with E-state index in [-0.39, 0.29) is 18.4 Å². The molecule has 1 heterocycles.